The second-order valence-electron chi connectivity index (χ2n) is 5.18. The summed E-state index contributed by atoms with van der Waals surface area (Å²) in [6.45, 7) is 5.82. The smallest absolute Gasteiger partial charge is 0.158 e. The van der Waals surface area contributed by atoms with E-state index >= 15 is 0 Å². The maximum atomic E-state index is 11.9. The number of rotatable bonds is 3. The molecule has 0 saturated heterocycles. The third-order valence-corrected chi connectivity index (χ3v) is 4.26. The van der Waals surface area contributed by atoms with Crippen LogP contribution in [0, 0.1) is 5.41 Å². The number of aliphatic hydroxyl groups is 1. The summed E-state index contributed by atoms with van der Waals surface area (Å²) >= 11 is 0. The van der Waals surface area contributed by atoms with Crippen molar-refractivity contribution in [1.82, 2.24) is 0 Å². The number of carbonyl (C=O) groups is 1. The molecule has 1 unspecified atom stereocenters. The van der Waals surface area contributed by atoms with Gasteiger partial charge in [0.05, 0.1) is 6.10 Å². The number of carbonyl (C=O) groups excluding carboxylic acids is 1. The van der Waals surface area contributed by atoms with Crippen molar-refractivity contribution in [2.45, 2.75) is 51.6 Å². The van der Waals surface area contributed by atoms with Crippen LogP contribution in [-0.2, 0) is 4.79 Å². The van der Waals surface area contributed by atoms with Crippen LogP contribution in [0.2, 0.25) is 0 Å². The van der Waals surface area contributed by atoms with Crippen LogP contribution >= 0.6 is 0 Å². The predicted molar refractivity (Wildman–Crippen MR) is 64.0 cm³/mol. The predicted octanol–water partition coefficient (Wildman–Crippen LogP) is 2.77. The molecule has 0 heterocycles. The highest BCUT2D eigenvalue weighted by Crippen LogP contribution is 2.51. The van der Waals surface area contributed by atoms with Gasteiger partial charge in [-0.25, -0.2) is 0 Å². The summed E-state index contributed by atoms with van der Waals surface area (Å²) in [6.07, 6.45) is 6.40. The quantitative estimate of drug-likeness (QED) is 0.743. The van der Waals surface area contributed by atoms with Crippen molar-refractivity contribution in [2.24, 2.45) is 5.41 Å². The van der Waals surface area contributed by atoms with Crippen LogP contribution in [0.5, 0.6) is 0 Å². The van der Waals surface area contributed by atoms with E-state index in [9.17, 15) is 9.90 Å². The Hall–Kier alpha value is -0.890. The van der Waals surface area contributed by atoms with E-state index in [4.69, 9.17) is 0 Å². The summed E-state index contributed by atoms with van der Waals surface area (Å²) < 4.78 is 0. The minimum Gasteiger partial charge on any atom is -0.392 e. The first-order valence-corrected chi connectivity index (χ1v) is 6.14. The molecule has 0 bridgehead atoms. The fourth-order valence-electron chi connectivity index (χ4n) is 3.13. The van der Waals surface area contributed by atoms with Crippen molar-refractivity contribution in [2.75, 3.05) is 0 Å². The van der Waals surface area contributed by atoms with Gasteiger partial charge in [0.25, 0.3) is 0 Å². The average molecular weight is 220 g/mol. The Kier molecular flexibility index (Phi) is 3.02. The van der Waals surface area contributed by atoms with Gasteiger partial charge in [-0.15, -0.1) is 6.58 Å². The zero-order chi connectivity index (χ0) is 11.8. The van der Waals surface area contributed by atoms with Crippen LogP contribution in [0.4, 0.5) is 0 Å². The lowest BCUT2D eigenvalue weighted by molar-refractivity contribution is -0.117. The average Bonchev–Trinajstić information content (AvgIpc) is 2.56. The van der Waals surface area contributed by atoms with Crippen LogP contribution in [0.3, 0.4) is 0 Å². The van der Waals surface area contributed by atoms with Gasteiger partial charge in [-0.2, -0.15) is 0 Å². The molecule has 0 aliphatic heterocycles. The van der Waals surface area contributed by atoms with Crippen LogP contribution in [0.15, 0.2) is 23.8 Å². The zero-order valence-electron chi connectivity index (χ0n) is 9.96. The molecular formula is C14H20O2. The van der Waals surface area contributed by atoms with Crippen molar-refractivity contribution in [3.8, 4) is 0 Å². The number of ketones is 1. The standard InChI is InChI=1S/C14H20O2/c1-3-4-5-10-11-6-7-13(16)14(11,2)9-8-12(10)15/h3,13,16H,1,4-9H2,2H3/t13?,14-/m0/s1. The van der Waals surface area contributed by atoms with E-state index in [0.29, 0.717) is 12.2 Å². The molecular weight excluding hydrogens is 200 g/mol. The van der Waals surface area contributed by atoms with Crippen LogP contribution in [0.25, 0.3) is 0 Å². The first kappa shape index (κ1) is 11.6. The molecule has 2 aliphatic carbocycles. The Bertz CT molecular complexity index is 354. The van der Waals surface area contributed by atoms with E-state index < -0.39 is 0 Å². The molecule has 0 amide bonds. The van der Waals surface area contributed by atoms with Crippen molar-refractivity contribution >= 4 is 5.78 Å². The van der Waals surface area contributed by atoms with Gasteiger partial charge in [0.15, 0.2) is 5.78 Å². The summed E-state index contributed by atoms with van der Waals surface area (Å²) in [5, 5.41) is 10.0. The molecule has 2 heteroatoms. The summed E-state index contributed by atoms with van der Waals surface area (Å²) in [7, 11) is 0. The lowest BCUT2D eigenvalue weighted by Crippen LogP contribution is -2.33. The number of hydrogen-bond acceptors (Lipinski definition) is 2. The molecule has 2 aliphatic rings. The lowest BCUT2D eigenvalue weighted by Gasteiger charge is -2.35. The second-order valence-corrected chi connectivity index (χ2v) is 5.18. The first-order chi connectivity index (χ1) is 7.59. The molecule has 2 atom stereocenters. The molecule has 0 radical (unpaired) electrons. The molecule has 2 nitrogen and oxygen atoms in total. The van der Waals surface area contributed by atoms with Gasteiger partial charge in [-0.05, 0) is 37.7 Å². The van der Waals surface area contributed by atoms with Crippen molar-refractivity contribution in [3.05, 3.63) is 23.8 Å². The fraction of sp³-hybridized carbons (Fsp3) is 0.643. The Morgan fingerprint density at radius 2 is 2.31 bits per heavy atom. The third-order valence-electron chi connectivity index (χ3n) is 4.26. The van der Waals surface area contributed by atoms with E-state index in [2.05, 4.69) is 13.5 Å². The highest BCUT2D eigenvalue weighted by molar-refractivity contribution is 5.97. The highest BCUT2D eigenvalue weighted by atomic mass is 16.3. The van der Waals surface area contributed by atoms with Gasteiger partial charge >= 0.3 is 0 Å². The van der Waals surface area contributed by atoms with E-state index in [0.717, 1.165) is 37.7 Å². The van der Waals surface area contributed by atoms with E-state index in [1.165, 1.54) is 5.57 Å². The molecule has 0 spiro atoms. The van der Waals surface area contributed by atoms with Gasteiger partial charge in [-0.3, -0.25) is 4.79 Å². The number of Topliss-reactive ketones (excluding diaryl/α,β-unsaturated/α-hetero) is 1. The summed E-state index contributed by atoms with van der Waals surface area (Å²) in [5.74, 6) is 0.295. The molecule has 1 saturated carbocycles. The molecule has 88 valence electrons. The third kappa shape index (κ3) is 1.65. The van der Waals surface area contributed by atoms with Crippen LogP contribution in [0.1, 0.15) is 45.4 Å². The Labute approximate surface area is 97.0 Å². The van der Waals surface area contributed by atoms with Gasteiger partial charge in [-0.1, -0.05) is 18.6 Å². The first-order valence-electron chi connectivity index (χ1n) is 6.14. The molecule has 0 aromatic rings. The molecule has 0 aromatic heterocycles. The van der Waals surface area contributed by atoms with Crippen LogP contribution < -0.4 is 0 Å². The molecule has 1 N–H and O–H groups in total. The van der Waals surface area contributed by atoms with E-state index in [1.54, 1.807) is 0 Å². The van der Waals surface area contributed by atoms with Gasteiger partial charge < -0.3 is 5.11 Å². The highest BCUT2D eigenvalue weighted by Gasteiger charge is 2.46. The maximum absolute atomic E-state index is 11.9. The van der Waals surface area contributed by atoms with Gasteiger partial charge in [0.1, 0.15) is 0 Å². The summed E-state index contributed by atoms with van der Waals surface area (Å²) in [4.78, 5) is 11.9. The molecule has 16 heavy (non-hydrogen) atoms. The Morgan fingerprint density at radius 3 is 3.00 bits per heavy atom. The fourth-order valence-corrected chi connectivity index (χ4v) is 3.13. The molecule has 0 aromatic carbocycles. The summed E-state index contributed by atoms with van der Waals surface area (Å²) in [6, 6.07) is 0. The number of aliphatic hydroxyl groups excluding tert-OH is 1. The minimum atomic E-state index is -0.255. The van der Waals surface area contributed by atoms with Gasteiger partial charge in [0.2, 0.25) is 0 Å². The maximum Gasteiger partial charge on any atom is 0.158 e. The number of fused-ring (bicyclic) bond motifs is 1. The van der Waals surface area contributed by atoms with E-state index in [1.807, 2.05) is 6.08 Å². The topological polar surface area (TPSA) is 37.3 Å². The van der Waals surface area contributed by atoms with Crippen LogP contribution in [-0.4, -0.2) is 17.0 Å². The molecule has 1 fully saturated rings. The largest absolute Gasteiger partial charge is 0.392 e. The Balaban J connectivity index is 2.35. The lowest BCUT2D eigenvalue weighted by atomic mass is 9.70. The summed E-state index contributed by atoms with van der Waals surface area (Å²) in [5.41, 5.74) is 2.10. The van der Waals surface area contributed by atoms with Gasteiger partial charge in [0, 0.05) is 11.8 Å². The monoisotopic (exact) mass is 220 g/mol. The number of hydrogen-bond donors (Lipinski definition) is 1. The zero-order valence-corrected chi connectivity index (χ0v) is 9.96. The van der Waals surface area contributed by atoms with E-state index in [-0.39, 0.29) is 11.5 Å². The minimum absolute atomic E-state index is 0.121. The van der Waals surface area contributed by atoms with Crippen molar-refractivity contribution in [1.29, 1.82) is 0 Å². The number of allylic oxidation sites excluding steroid dienone is 2. The SMILES string of the molecule is C=CCCC1=C2CCC(O)[C@@]2(C)CCC1=O. The molecule has 2 rings (SSSR count). The second kappa shape index (κ2) is 4.17. The Morgan fingerprint density at radius 1 is 1.56 bits per heavy atom. The normalized spacial score (nSPS) is 34.1. The van der Waals surface area contributed by atoms with Crippen molar-refractivity contribution in [3.63, 3.8) is 0 Å². The van der Waals surface area contributed by atoms with Crippen molar-refractivity contribution < 1.29 is 9.90 Å².